The van der Waals surface area contributed by atoms with Crippen molar-refractivity contribution in [3.63, 3.8) is 0 Å². The van der Waals surface area contributed by atoms with Gasteiger partial charge in [-0.3, -0.25) is 19.5 Å². The number of rotatable bonds is 11. The van der Waals surface area contributed by atoms with Crippen LogP contribution in [0.25, 0.3) is 0 Å². The van der Waals surface area contributed by atoms with Crippen LogP contribution in [0.4, 0.5) is 14.6 Å². The molecule has 2 aliphatic heterocycles. The van der Waals surface area contributed by atoms with Gasteiger partial charge in [-0.1, -0.05) is 12.1 Å². The van der Waals surface area contributed by atoms with Crippen LogP contribution in [-0.2, 0) is 16.0 Å². The van der Waals surface area contributed by atoms with Crippen LogP contribution in [0.15, 0.2) is 64.4 Å². The van der Waals surface area contributed by atoms with Crippen molar-refractivity contribution < 1.29 is 28.3 Å². The lowest BCUT2D eigenvalue weighted by molar-refractivity contribution is -0.125. The molecule has 13 heteroatoms. The molecule has 1 fully saturated rings. The molecule has 230 valence electrons. The number of amidine groups is 1. The molecule has 0 bridgehead atoms. The van der Waals surface area contributed by atoms with Gasteiger partial charge in [0.05, 0.1) is 17.0 Å². The van der Waals surface area contributed by atoms with Gasteiger partial charge in [-0.2, -0.15) is 0 Å². The summed E-state index contributed by atoms with van der Waals surface area (Å²) in [5.74, 6) is -1.22. The zero-order valence-electron chi connectivity index (χ0n) is 24.2. The third kappa shape index (κ3) is 6.58. The molecule has 2 unspecified atom stereocenters. The first-order chi connectivity index (χ1) is 21.1. The number of anilines is 1. The first-order valence-corrected chi connectivity index (χ1v) is 14.9. The summed E-state index contributed by atoms with van der Waals surface area (Å²) in [5, 5.41) is 15.1. The maximum Gasteiger partial charge on any atom is 0.337 e. The Morgan fingerprint density at radius 3 is 2.75 bits per heavy atom. The number of carbonyl (C=O) groups excluding carboxylic acids is 2. The molecule has 44 heavy (non-hydrogen) atoms. The number of carboxylic acid groups (broad SMARTS) is 1. The zero-order valence-corrected chi connectivity index (χ0v) is 25.1. The first kappa shape index (κ1) is 31.1. The van der Waals surface area contributed by atoms with Crippen molar-refractivity contribution in [3.05, 3.63) is 86.9 Å². The van der Waals surface area contributed by atoms with E-state index < -0.39 is 29.4 Å². The fourth-order valence-electron chi connectivity index (χ4n) is 5.65. The standard InChI is InChI=1S/C31H32F2N6O4S/c1-19-22(4-3-5-24(19)32)29-23(17-40)25(36-26(37-29)12-28-34-9-11-44-28)16-39-10-8-31(33,18-41)21(15-39)14-38(2)27-7-6-20(13-35-27)30(42)43/h3-7,9,11,13,17-18,21,29H,8,10,12,14-16H2,1-2H3,(H,36,37)(H,42,43)/t21?,29-,31?/m0/s1. The van der Waals surface area contributed by atoms with E-state index in [0.717, 1.165) is 11.3 Å². The summed E-state index contributed by atoms with van der Waals surface area (Å²) in [6, 6.07) is 6.93. The van der Waals surface area contributed by atoms with Crippen LogP contribution in [0.1, 0.15) is 39.0 Å². The quantitative estimate of drug-likeness (QED) is 0.307. The van der Waals surface area contributed by atoms with Crippen LogP contribution >= 0.6 is 11.3 Å². The predicted octanol–water partition coefficient (Wildman–Crippen LogP) is 3.79. The molecule has 4 heterocycles. The topological polar surface area (TPSA) is 128 Å². The summed E-state index contributed by atoms with van der Waals surface area (Å²) in [4.78, 5) is 52.7. The Bertz CT molecular complexity index is 1600. The summed E-state index contributed by atoms with van der Waals surface area (Å²) in [6.07, 6.45) is 4.36. The molecule has 0 aliphatic carbocycles. The van der Waals surface area contributed by atoms with Crippen LogP contribution in [0.3, 0.4) is 0 Å². The number of carbonyl (C=O) groups is 3. The smallest absolute Gasteiger partial charge is 0.337 e. The van der Waals surface area contributed by atoms with Crippen molar-refractivity contribution in [2.24, 2.45) is 10.9 Å². The monoisotopic (exact) mass is 622 g/mol. The van der Waals surface area contributed by atoms with Gasteiger partial charge < -0.3 is 15.3 Å². The number of likely N-dealkylation sites (tertiary alicyclic amines) is 1. The van der Waals surface area contributed by atoms with E-state index in [2.05, 4.69) is 15.3 Å². The number of nitrogens with zero attached hydrogens (tertiary/aromatic N) is 5. The maximum absolute atomic E-state index is 15.9. The minimum Gasteiger partial charge on any atom is -0.478 e. The van der Waals surface area contributed by atoms with E-state index in [-0.39, 0.29) is 38.2 Å². The minimum atomic E-state index is -2.08. The number of benzene rings is 1. The van der Waals surface area contributed by atoms with Gasteiger partial charge in [-0.25, -0.2) is 23.5 Å². The highest BCUT2D eigenvalue weighted by Crippen LogP contribution is 2.35. The molecule has 1 aromatic carbocycles. The van der Waals surface area contributed by atoms with Gasteiger partial charge in [0.25, 0.3) is 0 Å². The van der Waals surface area contributed by atoms with Crippen molar-refractivity contribution in [2.45, 2.75) is 31.5 Å². The number of pyridine rings is 1. The Kier molecular flexibility index (Phi) is 9.25. The summed E-state index contributed by atoms with van der Waals surface area (Å²) < 4.78 is 30.5. The van der Waals surface area contributed by atoms with Crippen LogP contribution in [-0.4, -0.2) is 83.2 Å². The van der Waals surface area contributed by atoms with Crippen molar-refractivity contribution in [2.75, 3.05) is 38.1 Å². The SMILES string of the molecule is Cc1c(F)cccc1[C@@H]1N=C(Cc2nccs2)NC(CN2CCC(F)(C=O)C(CN(C)c3ccc(C(=O)O)cn3)C2)=C1C=O. The molecule has 0 radical (unpaired) electrons. The molecular formula is C31H32F2N6O4S. The van der Waals surface area contributed by atoms with Crippen molar-refractivity contribution >= 4 is 41.5 Å². The molecule has 1 saturated heterocycles. The minimum absolute atomic E-state index is 0.0301. The summed E-state index contributed by atoms with van der Waals surface area (Å²) in [5.41, 5.74) is -0.147. The van der Waals surface area contributed by atoms with Crippen molar-refractivity contribution in [1.82, 2.24) is 20.2 Å². The van der Waals surface area contributed by atoms with Crippen LogP contribution < -0.4 is 10.2 Å². The summed E-state index contributed by atoms with van der Waals surface area (Å²) in [7, 11) is 1.70. The lowest BCUT2D eigenvalue weighted by Gasteiger charge is -2.42. The number of hydrogen-bond donors (Lipinski definition) is 2. The number of carboxylic acids is 1. The molecule has 10 nitrogen and oxygen atoms in total. The van der Waals surface area contributed by atoms with E-state index in [1.807, 2.05) is 10.3 Å². The molecule has 3 atom stereocenters. The van der Waals surface area contributed by atoms with E-state index in [9.17, 15) is 18.8 Å². The molecule has 5 rings (SSSR count). The number of hydrogen-bond acceptors (Lipinski definition) is 10. The van der Waals surface area contributed by atoms with Crippen molar-refractivity contribution in [3.8, 4) is 0 Å². The lowest BCUT2D eigenvalue weighted by Crippen LogP contribution is -2.55. The van der Waals surface area contributed by atoms with Gasteiger partial charge in [0.2, 0.25) is 0 Å². The number of thiazole rings is 1. The number of piperidine rings is 1. The molecular weight excluding hydrogens is 590 g/mol. The lowest BCUT2D eigenvalue weighted by atomic mass is 9.83. The van der Waals surface area contributed by atoms with Crippen molar-refractivity contribution in [1.29, 1.82) is 0 Å². The Morgan fingerprint density at radius 1 is 1.27 bits per heavy atom. The van der Waals surface area contributed by atoms with E-state index >= 15 is 4.39 Å². The number of aromatic carboxylic acids is 1. The molecule has 0 amide bonds. The molecule has 0 spiro atoms. The van der Waals surface area contributed by atoms with Gasteiger partial charge in [0.15, 0.2) is 12.0 Å². The molecule has 3 aromatic rings. The number of alkyl halides is 1. The second kappa shape index (κ2) is 13.1. The van der Waals surface area contributed by atoms with Gasteiger partial charge >= 0.3 is 5.97 Å². The zero-order chi connectivity index (χ0) is 31.4. The van der Waals surface area contributed by atoms with Crippen LogP contribution in [0.2, 0.25) is 0 Å². The van der Waals surface area contributed by atoms with E-state index in [1.54, 1.807) is 37.2 Å². The molecule has 2 aromatic heterocycles. The number of aldehydes is 2. The second-order valence-electron chi connectivity index (χ2n) is 11.0. The third-order valence-electron chi connectivity index (χ3n) is 8.18. The maximum atomic E-state index is 15.9. The van der Waals surface area contributed by atoms with Gasteiger partial charge in [0, 0.05) is 74.6 Å². The Morgan fingerprint density at radius 2 is 2.09 bits per heavy atom. The van der Waals surface area contributed by atoms with E-state index in [4.69, 9.17) is 10.1 Å². The third-order valence-corrected chi connectivity index (χ3v) is 8.96. The average molecular weight is 623 g/mol. The van der Waals surface area contributed by atoms with Crippen LogP contribution in [0.5, 0.6) is 0 Å². The normalized spacial score (nSPS) is 22.2. The molecule has 2 aliphatic rings. The van der Waals surface area contributed by atoms with Crippen LogP contribution in [0, 0.1) is 18.7 Å². The largest absolute Gasteiger partial charge is 0.478 e. The highest BCUT2D eigenvalue weighted by molar-refractivity contribution is 7.09. The fraction of sp³-hybridized carbons (Fsp3) is 0.355. The first-order valence-electron chi connectivity index (χ1n) is 14.0. The Balaban J connectivity index is 1.41. The fourth-order valence-corrected chi connectivity index (χ4v) is 6.27. The molecule has 2 N–H and O–H groups in total. The second-order valence-corrected chi connectivity index (χ2v) is 12.0. The summed E-state index contributed by atoms with van der Waals surface area (Å²) >= 11 is 1.47. The number of halogens is 2. The van der Waals surface area contributed by atoms with Gasteiger partial charge in [0.1, 0.15) is 29.8 Å². The highest BCUT2D eigenvalue weighted by Gasteiger charge is 2.44. The number of aromatic nitrogens is 2. The van der Waals surface area contributed by atoms with Gasteiger partial charge in [-0.05, 0) is 36.2 Å². The van der Waals surface area contributed by atoms with E-state index in [1.165, 1.54) is 35.7 Å². The Hall–Kier alpha value is -4.36. The summed E-state index contributed by atoms with van der Waals surface area (Å²) in [6.45, 7) is 2.51. The predicted molar refractivity (Wildman–Crippen MR) is 162 cm³/mol. The van der Waals surface area contributed by atoms with E-state index in [0.29, 0.717) is 46.8 Å². The average Bonchev–Trinajstić information content (AvgIpc) is 3.53. The number of aliphatic imine (C=N–C) groups is 1. The Labute approximate surface area is 257 Å². The highest BCUT2D eigenvalue weighted by atomic mass is 32.1. The van der Waals surface area contributed by atoms with Gasteiger partial charge in [-0.15, -0.1) is 11.3 Å². The number of nitrogens with one attached hydrogen (secondary N) is 1. The molecule has 0 saturated carbocycles.